The molecule has 1 unspecified atom stereocenters. The van der Waals surface area contributed by atoms with Gasteiger partial charge in [0.05, 0.1) is 5.25 Å². The van der Waals surface area contributed by atoms with Crippen molar-refractivity contribution in [3.05, 3.63) is 42.0 Å². The maximum atomic E-state index is 9.37. The summed E-state index contributed by atoms with van der Waals surface area (Å²) in [5, 5.41) is 22.3. The van der Waals surface area contributed by atoms with E-state index in [9.17, 15) is 5.11 Å². The number of hydrogen-bond acceptors (Lipinski definition) is 7. The van der Waals surface area contributed by atoms with Crippen LogP contribution in [0.4, 0.5) is 0 Å². The van der Waals surface area contributed by atoms with Crippen LogP contribution in [0.5, 0.6) is 0 Å². The quantitative estimate of drug-likeness (QED) is 0.658. The lowest BCUT2D eigenvalue weighted by Gasteiger charge is -2.09. The predicted octanol–water partition coefficient (Wildman–Crippen LogP) is 3.08. The maximum Gasteiger partial charge on any atom is 0.257 e. The zero-order chi connectivity index (χ0) is 16.9. The molecular formula is C16H19N5O2S. The van der Waals surface area contributed by atoms with Crippen molar-refractivity contribution >= 4 is 11.8 Å². The molecule has 0 saturated heterocycles. The van der Waals surface area contributed by atoms with Crippen molar-refractivity contribution in [1.82, 2.24) is 24.9 Å². The van der Waals surface area contributed by atoms with Gasteiger partial charge >= 0.3 is 0 Å². The third-order valence-corrected chi connectivity index (χ3v) is 4.57. The molecule has 0 bridgehead atoms. The highest BCUT2D eigenvalue weighted by atomic mass is 32.2. The lowest BCUT2D eigenvalue weighted by molar-refractivity contribution is 0.263. The highest BCUT2D eigenvalue weighted by molar-refractivity contribution is 7.99. The summed E-state index contributed by atoms with van der Waals surface area (Å²) in [6.45, 7) is 4.71. The SMILES string of the molecule is CCCn1c(CO)nnc1SC(C)c1noc(-c2ccccc2)n1. The van der Waals surface area contributed by atoms with Gasteiger partial charge in [0, 0.05) is 12.1 Å². The average Bonchev–Trinajstić information content (AvgIpc) is 3.24. The molecule has 2 heterocycles. The van der Waals surface area contributed by atoms with Crippen LogP contribution in [0.25, 0.3) is 11.5 Å². The minimum atomic E-state index is -0.123. The van der Waals surface area contributed by atoms with E-state index in [0.717, 1.165) is 23.7 Å². The second-order valence-electron chi connectivity index (χ2n) is 5.29. The Bertz CT molecular complexity index is 787. The highest BCUT2D eigenvalue weighted by Crippen LogP contribution is 2.33. The molecule has 7 nitrogen and oxygen atoms in total. The van der Waals surface area contributed by atoms with Crippen LogP contribution in [-0.4, -0.2) is 30.0 Å². The molecule has 0 radical (unpaired) electrons. The lowest BCUT2D eigenvalue weighted by atomic mass is 10.2. The van der Waals surface area contributed by atoms with Crippen LogP contribution in [0, 0.1) is 0 Å². The Labute approximate surface area is 144 Å². The highest BCUT2D eigenvalue weighted by Gasteiger charge is 2.20. The molecule has 8 heteroatoms. The summed E-state index contributed by atoms with van der Waals surface area (Å²) >= 11 is 1.50. The third kappa shape index (κ3) is 3.49. The Morgan fingerprint density at radius 2 is 2.04 bits per heavy atom. The van der Waals surface area contributed by atoms with Crippen LogP contribution in [0.1, 0.15) is 37.2 Å². The largest absolute Gasteiger partial charge is 0.388 e. The van der Waals surface area contributed by atoms with Gasteiger partial charge in [-0.2, -0.15) is 4.98 Å². The Hall–Kier alpha value is -2.19. The van der Waals surface area contributed by atoms with Crippen LogP contribution in [-0.2, 0) is 13.2 Å². The summed E-state index contributed by atoms with van der Waals surface area (Å²) in [4.78, 5) is 4.47. The second-order valence-corrected chi connectivity index (χ2v) is 6.60. The van der Waals surface area contributed by atoms with E-state index >= 15 is 0 Å². The smallest absolute Gasteiger partial charge is 0.257 e. The van der Waals surface area contributed by atoms with Gasteiger partial charge in [-0.25, -0.2) is 0 Å². The number of aromatic nitrogens is 5. The summed E-state index contributed by atoms with van der Waals surface area (Å²) in [5.74, 6) is 1.68. The molecule has 1 aromatic carbocycles. The molecule has 0 spiro atoms. The lowest BCUT2D eigenvalue weighted by Crippen LogP contribution is -2.05. The number of aliphatic hydroxyl groups is 1. The molecule has 0 saturated carbocycles. The van der Waals surface area contributed by atoms with Crippen LogP contribution < -0.4 is 0 Å². The molecular weight excluding hydrogens is 326 g/mol. The zero-order valence-electron chi connectivity index (χ0n) is 13.6. The first-order valence-corrected chi connectivity index (χ1v) is 8.69. The van der Waals surface area contributed by atoms with Gasteiger partial charge in [0.1, 0.15) is 6.61 Å². The molecule has 1 atom stereocenters. The Balaban J connectivity index is 1.77. The van der Waals surface area contributed by atoms with Crippen molar-refractivity contribution in [2.45, 2.75) is 43.8 Å². The van der Waals surface area contributed by atoms with Crippen molar-refractivity contribution in [2.75, 3.05) is 0 Å². The van der Waals surface area contributed by atoms with E-state index in [2.05, 4.69) is 27.3 Å². The molecule has 3 aromatic rings. The minimum absolute atomic E-state index is 0.0439. The fourth-order valence-corrected chi connectivity index (χ4v) is 3.21. The number of thioether (sulfide) groups is 1. The van der Waals surface area contributed by atoms with E-state index in [1.807, 2.05) is 41.8 Å². The standard InChI is InChI=1S/C16H19N5O2S/c1-3-9-21-13(10-22)18-19-16(21)24-11(2)14-17-15(23-20-14)12-7-5-4-6-8-12/h4-8,11,22H,3,9-10H2,1-2H3. The summed E-state index contributed by atoms with van der Waals surface area (Å²) in [6.07, 6.45) is 0.938. The van der Waals surface area contributed by atoms with Gasteiger partial charge < -0.3 is 14.2 Å². The van der Waals surface area contributed by atoms with Crippen LogP contribution in [0.15, 0.2) is 40.0 Å². The minimum Gasteiger partial charge on any atom is -0.388 e. The van der Waals surface area contributed by atoms with E-state index in [1.165, 1.54) is 11.8 Å². The van der Waals surface area contributed by atoms with Gasteiger partial charge in [-0.15, -0.1) is 10.2 Å². The van der Waals surface area contributed by atoms with E-state index in [-0.39, 0.29) is 11.9 Å². The number of aliphatic hydroxyl groups excluding tert-OH is 1. The van der Waals surface area contributed by atoms with Crippen LogP contribution in [0.3, 0.4) is 0 Å². The number of hydrogen-bond donors (Lipinski definition) is 1. The molecule has 24 heavy (non-hydrogen) atoms. The Morgan fingerprint density at radius 3 is 2.75 bits per heavy atom. The molecule has 126 valence electrons. The van der Waals surface area contributed by atoms with Crippen LogP contribution >= 0.6 is 11.8 Å². The van der Waals surface area contributed by atoms with E-state index < -0.39 is 0 Å². The van der Waals surface area contributed by atoms with Gasteiger partial charge in [-0.3, -0.25) is 0 Å². The van der Waals surface area contributed by atoms with E-state index in [4.69, 9.17) is 4.52 Å². The number of nitrogens with zero attached hydrogens (tertiary/aromatic N) is 5. The van der Waals surface area contributed by atoms with E-state index in [0.29, 0.717) is 17.5 Å². The van der Waals surface area contributed by atoms with E-state index in [1.54, 1.807) is 0 Å². The first kappa shape index (κ1) is 16.7. The van der Waals surface area contributed by atoms with Gasteiger partial charge in [-0.05, 0) is 25.5 Å². The monoisotopic (exact) mass is 345 g/mol. The molecule has 0 aliphatic heterocycles. The second kappa shape index (κ2) is 7.59. The first-order valence-electron chi connectivity index (χ1n) is 7.81. The Morgan fingerprint density at radius 1 is 1.25 bits per heavy atom. The van der Waals surface area contributed by atoms with Gasteiger partial charge in [0.25, 0.3) is 5.89 Å². The van der Waals surface area contributed by atoms with Gasteiger partial charge in [0.2, 0.25) is 0 Å². The average molecular weight is 345 g/mol. The third-order valence-electron chi connectivity index (χ3n) is 3.49. The van der Waals surface area contributed by atoms with Crippen molar-refractivity contribution in [1.29, 1.82) is 0 Å². The fraction of sp³-hybridized carbons (Fsp3) is 0.375. The Kier molecular flexibility index (Phi) is 5.27. The normalized spacial score (nSPS) is 12.5. The molecule has 1 N–H and O–H groups in total. The molecule has 2 aromatic heterocycles. The van der Waals surface area contributed by atoms with Crippen molar-refractivity contribution in [2.24, 2.45) is 0 Å². The summed E-state index contributed by atoms with van der Waals surface area (Å²) in [7, 11) is 0. The van der Waals surface area contributed by atoms with Gasteiger partial charge in [0.15, 0.2) is 16.8 Å². The van der Waals surface area contributed by atoms with Crippen molar-refractivity contribution in [3.8, 4) is 11.5 Å². The van der Waals surface area contributed by atoms with Gasteiger partial charge in [-0.1, -0.05) is 42.0 Å². The number of rotatable bonds is 7. The summed E-state index contributed by atoms with van der Waals surface area (Å²) < 4.78 is 7.29. The molecule has 0 aliphatic carbocycles. The summed E-state index contributed by atoms with van der Waals surface area (Å²) in [5.41, 5.74) is 0.894. The molecule has 0 amide bonds. The number of benzene rings is 1. The molecule has 0 aliphatic rings. The zero-order valence-corrected chi connectivity index (χ0v) is 14.4. The van der Waals surface area contributed by atoms with Crippen molar-refractivity contribution in [3.63, 3.8) is 0 Å². The molecule has 0 fully saturated rings. The van der Waals surface area contributed by atoms with Crippen LogP contribution in [0.2, 0.25) is 0 Å². The predicted molar refractivity (Wildman–Crippen MR) is 90.2 cm³/mol. The molecule has 3 rings (SSSR count). The van der Waals surface area contributed by atoms with Crippen molar-refractivity contribution < 1.29 is 9.63 Å². The fourth-order valence-electron chi connectivity index (χ4n) is 2.28. The maximum absolute atomic E-state index is 9.37. The topological polar surface area (TPSA) is 89.9 Å². The first-order chi connectivity index (χ1) is 11.7. The summed E-state index contributed by atoms with van der Waals surface area (Å²) in [6, 6.07) is 9.67.